The molecule has 2 N–H and O–H groups in total. The van der Waals surface area contributed by atoms with E-state index in [0.29, 0.717) is 43.6 Å². The molecule has 36 heavy (non-hydrogen) atoms. The summed E-state index contributed by atoms with van der Waals surface area (Å²) in [5, 5.41) is 4.46. The number of aryl methyl sites for hydroxylation is 1. The van der Waals surface area contributed by atoms with Crippen LogP contribution < -0.4 is 11.4 Å². The van der Waals surface area contributed by atoms with Crippen LogP contribution in [0, 0.1) is 6.92 Å². The molecule has 0 spiro atoms. The first-order valence-corrected chi connectivity index (χ1v) is 13.5. The summed E-state index contributed by atoms with van der Waals surface area (Å²) in [4.78, 5) is 29.4. The minimum atomic E-state index is -0.337. The van der Waals surface area contributed by atoms with Crippen LogP contribution in [0.25, 0.3) is 5.52 Å². The molecule has 0 fully saturated rings. The standard InChI is InChI=1S/C27H29Br2N5O2/c1-3-22(32(15-7-14-30)26(35)20-10-12-21(28)13-11-20)23-16-24-25(29)18(2)31-34(24)27(36)33(23)17-19-8-5-4-6-9-19/h4-6,8-13,16,22H,3,7,14-15,17,30H2,1-2H3/t22-/m1/s1. The number of fused-ring (bicyclic) bond motifs is 1. The second kappa shape index (κ2) is 11.5. The molecule has 4 aromatic rings. The van der Waals surface area contributed by atoms with Gasteiger partial charge in [-0.15, -0.1) is 0 Å². The van der Waals surface area contributed by atoms with Crippen LogP contribution in [-0.2, 0) is 6.54 Å². The molecule has 0 unspecified atom stereocenters. The first-order valence-electron chi connectivity index (χ1n) is 11.9. The SMILES string of the molecule is CC[C@H](c1cc2c(Br)c(C)nn2c(=O)n1Cc1ccccc1)N(CCCN)C(=O)c1ccc(Br)cc1. The molecule has 0 aliphatic carbocycles. The minimum absolute atomic E-state index is 0.0925. The fraction of sp³-hybridized carbons (Fsp3) is 0.296. The molecule has 4 rings (SSSR count). The molecule has 0 aliphatic heterocycles. The maximum atomic E-state index is 13.8. The van der Waals surface area contributed by atoms with Gasteiger partial charge >= 0.3 is 5.69 Å². The number of nitrogens with zero attached hydrogens (tertiary/aromatic N) is 4. The van der Waals surface area contributed by atoms with Crippen LogP contribution >= 0.6 is 31.9 Å². The van der Waals surface area contributed by atoms with Gasteiger partial charge in [0.1, 0.15) is 0 Å². The molecule has 0 radical (unpaired) electrons. The van der Waals surface area contributed by atoms with E-state index in [1.165, 1.54) is 4.52 Å². The van der Waals surface area contributed by atoms with Gasteiger partial charge in [0.25, 0.3) is 5.91 Å². The molecule has 2 aromatic heterocycles. The van der Waals surface area contributed by atoms with Crippen LogP contribution in [0.4, 0.5) is 0 Å². The number of aromatic nitrogens is 3. The summed E-state index contributed by atoms with van der Waals surface area (Å²) in [6, 6.07) is 18.8. The Kier molecular flexibility index (Phi) is 8.43. The van der Waals surface area contributed by atoms with Gasteiger partial charge in [-0.05, 0) is 78.1 Å². The fourth-order valence-corrected chi connectivity index (χ4v) is 5.07. The number of hydrogen-bond donors (Lipinski definition) is 1. The molecule has 2 aromatic carbocycles. The lowest BCUT2D eigenvalue weighted by atomic mass is 10.0. The maximum absolute atomic E-state index is 13.8. The van der Waals surface area contributed by atoms with E-state index < -0.39 is 0 Å². The highest BCUT2D eigenvalue weighted by atomic mass is 79.9. The molecule has 0 bridgehead atoms. The molecule has 1 atom stereocenters. The lowest BCUT2D eigenvalue weighted by molar-refractivity contribution is 0.0660. The van der Waals surface area contributed by atoms with Crippen LogP contribution in [-0.4, -0.2) is 38.1 Å². The van der Waals surface area contributed by atoms with Crippen molar-refractivity contribution in [3.8, 4) is 0 Å². The lowest BCUT2D eigenvalue weighted by Gasteiger charge is -2.33. The van der Waals surface area contributed by atoms with Gasteiger partial charge in [0.2, 0.25) is 0 Å². The van der Waals surface area contributed by atoms with E-state index in [1.807, 2.05) is 79.4 Å². The van der Waals surface area contributed by atoms with Crippen molar-refractivity contribution in [1.82, 2.24) is 19.1 Å². The Balaban J connectivity index is 1.90. The van der Waals surface area contributed by atoms with Crippen molar-refractivity contribution in [3.05, 3.63) is 103 Å². The van der Waals surface area contributed by atoms with E-state index in [4.69, 9.17) is 5.73 Å². The summed E-state index contributed by atoms with van der Waals surface area (Å²) in [6.07, 6.45) is 1.28. The van der Waals surface area contributed by atoms with Gasteiger partial charge < -0.3 is 10.6 Å². The van der Waals surface area contributed by atoms with Crippen LogP contribution in [0.15, 0.2) is 74.4 Å². The van der Waals surface area contributed by atoms with Crippen molar-refractivity contribution in [2.75, 3.05) is 13.1 Å². The Bertz CT molecular complexity index is 1410. The maximum Gasteiger partial charge on any atom is 0.349 e. The highest BCUT2D eigenvalue weighted by Gasteiger charge is 2.29. The summed E-state index contributed by atoms with van der Waals surface area (Å²) in [5.41, 5.74) is 9.37. The third-order valence-corrected chi connectivity index (χ3v) is 7.78. The van der Waals surface area contributed by atoms with Crippen molar-refractivity contribution in [2.45, 2.75) is 39.3 Å². The van der Waals surface area contributed by atoms with Crippen LogP contribution in [0.3, 0.4) is 0 Å². The number of benzene rings is 2. The number of carbonyl (C=O) groups is 1. The zero-order valence-electron chi connectivity index (χ0n) is 20.3. The topological polar surface area (TPSA) is 85.6 Å². The summed E-state index contributed by atoms with van der Waals surface area (Å²) < 4.78 is 4.84. The summed E-state index contributed by atoms with van der Waals surface area (Å²) in [6.45, 7) is 5.21. The zero-order valence-corrected chi connectivity index (χ0v) is 23.5. The van der Waals surface area contributed by atoms with Gasteiger partial charge in [-0.2, -0.15) is 9.61 Å². The van der Waals surface area contributed by atoms with Crippen LogP contribution in [0.1, 0.15) is 53.1 Å². The Morgan fingerprint density at radius 2 is 1.81 bits per heavy atom. The molecular weight excluding hydrogens is 586 g/mol. The summed E-state index contributed by atoms with van der Waals surface area (Å²) in [5.74, 6) is -0.0925. The van der Waals surface area contributed by atoms with Crippen LogP contribution in [0.2, 0.25) is 0 Å². The number of carbonyl (C=O) groups excluding carboxylic acids is 1. The molecule has 0 saturated heterocycles. The number of nitrogens with two attached hydrogens (primary N) is 1. The van der Waals surface area contributed by atoms with Crippen molar-refractivity contribution in [3.63, 3.8) is 0 Å². The van der Waals surface area contributed by atoms with Gasteiger partial charge in [0.05, 0.1) is 28.3 Å². The number of halogens is 2. The van der Waals surface area contributed by atoms with Gasteiger partial charge in [0, 0.05) is 22.3 Å². The first kappa shape index (κ1) is 26.3. The van der Waals surface area contributed by atoms with Gasteiger partial charge in [-0.3, -0.25) is 9.36 Å². The van der Waals surface area contributed by atoms with Gasteiger partial charge in [-0.25, -0.2) is 4.79 Å². The molecule has 7 nitrogen and oxygen atoms in total. The second-order valence-corrected chi connectivity index (χ2v) is 10.4. The summed E-state index contributed by atoms with van der Waals surface area (Å²) >= 11 is 7.04. The van der Waals surface area contributed by atoms with E-state index >= 15 is 0 Å². The largest absolute Gasteiger partial charge is 0.349 e. The highest BCUT2D eigenvalue weighted by molar-refractivity contribution is 9.11. The van der Waals surface area contributed by atoms with E-state index in [9.17, 15) is 9.59 Å². The summed E-state index contributed by atoms with van der Waals surface area (Å²) in [7, 11) is 0. The van der Waals surface area contributed by atoms with Crippen molar-refractivity contribution in [1.29, 1.82) is 0 Å². The average Bonchev–Trinajstić information content (AvgIpc) is 3.18. The number of hydrogen-bond acceptors (Lipinski definition) is 4. The molecular formula is C27H29Br2N5O2. The van der Waals surface area contributed by atoms with E-state index in [0.717, 1.165) is 25.9 Å². The Morgan fingerprint density at radius 1 is 1.11 bits per heavy atom. The fourth-order valence-electron chi connectivity index (χ4n) is 4.45. The number of amides is 1. The zero-order chi connectivity index (χ0) is 25.8. The molecule has 9 heteroatoms. The van der Waals surface area contributed by atoms with E-state index in [1.54, 1.807) is 4.57 Å². The molecule has 188 valence electrons. The van der Waals surface area contributed by atoms with Crippen molar-refractivity contribution >= 4 is 43.3 Å². The molecule has 1 amide bonds. The number of rotatable bonds is 9. The Labute approximate surface area is 227 Å². The first-order chi connectivity index (χ1) is 17.3. The molecule has 2 heterocycles. The highest BCUT2D eigenvalue weighted by Crippen LogP contribution is 2.30. The minimum Gasteiger partial charge on any atom is -0.330 e. The quantitative estimate of drug-likeness (QED) is 0.276. The predicted molar refractivity (Wildman–Crippen MR) is 149 cm³/mol. The molecule has 0 aliphatic rings. The normalized spacial score (nSPS) is 12.1. The van der Waals surface area contributed by atoms with Crippen molar-refractivity contribution < 1.29 is 4.79 Å². The Morgan fingerprint density at radius 3 is 2.44 bits per heavy atom. The van der Waals surface area contributed by atoms with Gasteiger partial charge in [-0.1, -0.05) is 53.2 Å². The van der Waals surface area contributed by atoms with Crippen LogP contribution in [0.5, 0.6) is 0 Å². The third kappa shape index (κ3) is 5.33. The Hall–Kier alpha value is -2.75. The average molecular weight is 615 g/mol. The van der Waals surface area contributed by atoms with Gasteiger partial charge in [0.15, 0.2) is 0 Å². The van der Waals surface area contributed by atoms with E-state index in [-0.39, 0.29) is 17.6 Å². The second-order valence-electron chi connectivity index (χ2n) is 8.69. The smallest absolute Gasteiger partial charge is 0.330 e. The molecule has 0 saturated carbocycles. The monoisotopic (exact) mass is 613 g/mol. The van der Waals surface area contributed by atoms with E-state index in [2.05, 4.69) is 37.0 Å². The predicted octanol–water partition coefficient (Wildman–Crippen LogP) is 5.32. The van der Waals surface area contributed by atoms with Crippen molar-refractivity contribution in [2.24, 2.45) is 5.73 Å². The lowest BCUT2D eigenvalue weighted by Crippen LogP contribution is -2.40. The third-order valence-electron chi connectivity index (χ3n) is 6.27.